The number of amides is 1. The summed E-state index contributed by atoms with van der Waals surface area (Å²) in [5.41, 5.74) is 4.12. The average Bonchev–Trinajstić information content (AvgIpc) is 2.57. The maximum absolute atomic E-state index is 12.4. The van der Waals surface area contributed by atoms with E-state index in [0.717, 1.165) is 33.5 Å². The first-order chi connectivity index (χ1) is 11.5. The molecule has 1 amide bonds. The lowest BCUT2D eigenvalue weighted by molar-refractivity contribution is -0.330. The minimum atomic E-state index is -0.0345. The number of nitrogens with zero attached hydrogens (tertiary/aromatic N) is 1. The molecule has 0 saturated heterocycles. The molecule has 0 aliphatic carbocycles. The Morgan fingerprint density at radius 2 is 1.88 bits per heavy atom. The minimum Gasteiger partial charge on any atom is -0.322 e. The third-order valence-corrected chi connectivity index (χ3v) is 4.10. The lowest BCUT2D eigenvalue weighted by atomic mass is 10.1. The number of pyridine rings is 1. The van der Waals surface area contributed by atoms with Crippen molar-refractivity contribution in [3.8, 4) is 0 Å². The molecule has 1 heterocycles. The molecule has 1 aromatic heterocycles. The van der Waals surface area contributed by atoms with E-state index in [4.69, 9.17) is 0 Å². The highest BCUT2D eigenvalue weighted by Crippen LogP contribution is 2.17. The molecule has 3 aromatic rings. The van der Waals surface area contributed by atoms with Gasteiger partial charge in [0.1, 0.15) is 5.52 Å². The van der Waals surface area contributed by atoms with Crippen molar-refractivity contribution in [2.24, 2.45) is 0 Å². The summed E-state index contributed by atoms with van der Waals surface area (Å²) in [4.78, 5) is 17.6. The number of nitrogens with one attached hydrogen (secondary N) is 2. The second-order valence-electron chi connectivity index (χ2n) is 6.15. The molecule has 24 heavy (non-hydrogen) atoms. The lowest BCUT2D eigenvalue weighted by Crippen LogP contribution is -2.33. The number of carbonyl (C=O) groups is 1. The van der Waals surface area contributed by atoms with Crippen LogP contribution >= 0.6 is 0 Å². The first-order valence-electron chi connectivity index (χ1n) is 8.02. The number of likely N-dealkylation sites (N-methyl/N-ethyl adjacent to an activating group) is 1. The Hall–Kier alpha value is -2.88. The van der Waals surface area contributed by atoms with E-state index in [0.29, 0.717) is 0 Å². The molecule has 3 rings (SSSR count). The van der Waals surface area contributed by atoms with Gasteiger partial charge in [-0.1, -0.05) is 30.3 Å². The van der Waals surface area contributed by atoms with Crippen LogP contribution in [0.3, 0.4) is 0 Å². The summed E-state index contributed by atoms with van der Waals surface area (Å²) < 4.78 is 0. The number of benzene rings is 2. The molecule has 0 aliphatic rings. The summed E-state index contributed by atoms with van der Waals surface area (Å²) in [5.74, 6) is 0.873. The van der Waals surface area contributed by atoms with Gasteiger partial charge in [0.15, 0.2) is 6.54 Å². The first kappa shape index (κ1) is 16.0. The number of H-pyrrole nitrogens is 1. The van der Waals surface area contributed by atoms with E-state index in [2.05, 4.69) is 22.4 Å². The van der Waals surface area contributed by atoms with E-state index in [-0.39, 0.29) is 12.5 Å². The maximum atomic E-state index is 12.4. The van der Waals surface area contributed by atoms with Crippen molar-refractivity contribution in [2.75, 3.05) is 23.8 Å². The van der Waals surface area contributed by atoms with Crippen molar-refractivity contribution in [3.05, 3.63) is 65.7 Å². The van der Waals surface area contributed by atoms with Gasteiger partial charge in [-0.2, -0.15) is 0 Å². The van der Waals surface area contributed by atoms with Gasteiger partial charge in [0.25, 0.3) is 11.7 Å². The zero-order chi connectivity index (χ0) is 17.1. The Bertz CT molecular complexity index is 889. The molecule has 0 saturated carbocycles. The van der Waals surface area contributed by atoms with Gasteiger partial charge in [-0.3, -0.25) is 9.69 Å². The largest absolute Gasteiger partial charge is 0.322 e. The molecule has 4 heteroatoms. The van der Waals surface area contributed by atoms with Crippen molar-refractivity contribution in [3.63, 3.8) is 0 Å². The number of carbonyl (C=O) groups excluding carboxylic acids is 1. The molecule has 2 aromatic carbocycles. The summed E-state index contributed by atoms with van der Waals surface area (Å²) in [6, 6.07) is 18.2. The second kappa shape index (κ2) is 6.71. The molecule has 2 N–H and O–H groups in total. The number of aromatic amines is 1. The van der Waals surface area contributed by atoms with Gasteiger partial charge in [0.2, 0.25) is 0 Å². The van der Waals surface area contributed by atoms with Gasteiger partial charge >= 0.3 is 0 Å². The standard InChI is InChI=1S/C20H21N3O/c1-14-8-9-15(2)18(12-14)22-20(24)13-23(3)19-11-10-16-6-4-5-7-17(16)21-19/h4-12H,13H2,1-3H3,(H,22,24)/p+1. The van der Waals surface area contributed by atoms with Crippen LogP contribution < -0.4 is 15.2 Å². The lowest BCUT2D eigenvalue weighted by Gasteiger charge is -2.13. The maximum Gasteiger partial charge on any atom is 0.275 e. The van der Waals surface area contributed by atoms with Crippen LogP contribution in [0.15, 0.2) is 54.6 Å². The number of aromatic nitrogens is 1. The van der Waals surface area contributed by atoms with E-state index in [1.54, 1.807) is 0 Å². The van der Waals surface area contributed by atoms with E-state index in [9.17, 15) is 4.79 Å². The smallest absolute Gasteiger partial charge is 0.275 e. The number of fused-ring (bicyclic) bond motifs is 1. The van der Waals surface area contributed by atoms with E-state index in [1.165, 1.54) is 0 Å². The van der Waals surface area contributed by atoms with E-state index in [1.807, 2.05) is 68.3 Å². The Morgan fingerprint density at radius 1 is 1.08 bits per heavy atom. The molecule has 122 valence electrons. The minimum absolute atomic E-state index is 0.0345. The number of para-hydroxylation sites is 1. The van der Waals surface area contributed by atoms with Crippen LogP contribution in [-0.2, 0) is 4.79 Å². The van der Waals surface area contributed by atoms with Crippen LogP contribution in [0, 0.1) is 13.8 Å². The molecule has 0 aliphatic heterocycles. The molecule has 4 nitrogen and oxygen atoms in total. The summed E-state index contributed by atoms with van der Waals surface area (Å²) in [6.07, 6.45) is 0. The van der Waals surface area contributed by atoms with Gasteiger partial charge in [-0.25, -0.2) is 4.98 Å². The highest BCUT2D eigenvalue weighted by Gasteiger charge is 2.16. The number of rotatable bonds is 4. The molecule has 0 bridgehead atoms. The summed E-state index contributed by atoms with van der Waals surface area (Å²) in [7, 11) is 1.91. The van der Waals surface area contributed by atoms with Crippen LogP contribution in [0.1, 0.15) is 11.1 Å². The SMILES string of the molecule is Cc1ccc(C)c(NC(=O)CN(C)c2ccc3ccccc3[nH+]2)c1. The molecular weight excluding hydrogens is 298 g/mol. The molecule has 0 atom stereocenters. The monoisotopic (exact) mass is 320 g/mol. The fraction of sp³-hybridized carbons (Fsp3) is 0.200. The predicted octanol–water partition coefficient (Wildman–Crippen LogP) is 3.35. The Labute approximate surface area is 142 Å². The van der Waals surface area contributed by atoms with Gasteiger partial charge in [0, 0.05) is 17.1 Å². The summed E-state index contributed by atoms with van der Waals surface area (Å²) in [6.45, 7) is 4.30. The van der Waals surface area contributed by atoms with Crippen LogP contribution in [0.25, 0.3) is 10.9 Å². The summed E-state index contributed by atoms with van der Waals surface area (Å²) in [5, 5.41) is 4.14. The van der Waals surface area contributed by atoms with Crippen LogP contribution in [0.2, 0.25) is 0 Å². The Balaban J connectivity index is 1.72. The van der Waals surface area contributed by atoms with Crippen molar-refractivity contribution in [1.29, 1.82) is 0 Å². The number of hydrogen-bond acceptors (Lipinski definition) is 2. The fourth-order valence-corrected chi connectivity index (χ4v) is 2.69. The molecular formula is C20H22N3O+. The Kier molecular flexibility index (Phi) is 4.47. The highest BCUT2D eigenvalue weighted by atomic mass is 16.2. The second-order valence-corrected chi connectivity index (χ2v) is 6.15. The molecule has 0 radical (unpaired) electrons. The van der Waals surface area contributed by atoms with Gasteiger partial charge in [-0.05, 0) is 43.2 Å². The van der Waals surface area contributed by atoms with E-state index >= 15 is 0 Å². The van der Waals surface area contributed by atoms with Crippen molar-refractivity contribution < 1.29 is 9.78 Å². The molecule has 0 spiro atoms. The first-order valence-corrected chi connectivity index (χ1v) is 8.02. The zero-order valence-corrected chi connectivity index (χ0v) is 14.3. The third kappa shape index (κ3) is 3.54. The average molecular weight is 320 g/mol. The van der Waals surface area contributed by atoms with Gasteiger partial charge in [0.05, 0.1) is 7.05 Å². The third-order valence-electron chi connectivity index (χ3n) is 4.10. The summed E-state index contributed by atoms with van der Waals surface area (Å²) >= 11 is 0. The number of aryl methyl sites for hydroxylation is 2. The number of hydrogen-bond donors (Lipinski definition) is 1. The van der Waals surface area contributed by atoms with Gasteiger partial charge in [-0.15, -0.1) is 0 Å². The predicted molar refractivity (Wildman–Crippen MR) is 98.3 cm³/mol. The van der Waals surface area contributed by atoms with Crippen molar-refractivity contribution in [1.82, 2.24) is 0 Å². The quantitative estimate of drug-likeness (QED) is 0.801. The zero-order valence-electron chi connectivity index (χ0n) is 14.3. The van der Waals surface area contributed by atoms with Crippen molar-refractivity contribution >= 4 is 28.3 Å². The van der Waals surface area contributed by atoms with Crippen molar-refractivity contribution in [2.45, 2.75) is 13.8 Å². The normalized spacial score (nSPS) is 10.6. The van der Waals surface area contributed by atoms with Crippen LogP contribution in [0.4, 0.5) is 11.5 Å². The molecule has 0 unspecified atom stereocenters. The molecule has 0 fully saturated rings. The van der Waals surface area contributed by atoms with Crippen LogP contribution in [0.5, 0.6) is 0 Å². The Morgan fingerprint density at radius 3 is 2.71 bits per heavy atom. The fourth-order valence-electron chi connectivity index (χ4n) is 2.69. The van der Waals surface area contributed by atoms with Crippen LogP contribution in [-0.4, -0.2) is 19.5 Å². The number of anilines is 2. The van der Waals surface area contributed by atoms with Gasteiger partial charge < -0.3 is 5.32 Å². The highest BCUT2D eigenvalue weighted by molar-refractivity contribution is 5.94. The van der Waals surface area contributed by atoms with E-state index < -0.39 is 0 Å². The topological polar surface area (TPSA) is 46.5 Å².